The smallest absolute Gasteiger partial charge is 0.207 e. The van der Waals surface area contributed by atoms with E-state index in [1.807, 2.05) is 6.07 Å². The van der Waals surface area contributed by atoms with Gasteiger partial charge in [-0.25, -0.2) is 8.42 Å². The van der Waals surface area contributed by atoms with Gasteiger partial charge in [-0.2, -0.15) is 9.98 Å². The van der Waals surface area contributed by atoms with Gasteiger partial charge in [-0.05, 0) is 42.3 Å². The average molecular weight is 337 g/mol. The van der Waals surface area contributed by atoms with Gasteiger partial charge in [0, 0.05) is 4.88 Å². The monoisotopic (exact) mass is 336 g/mol. The molecule has 0 amide bonds. The van der Waals surface area contributed by atoms with Crippen molar-refractivity contribution in [2.75, 3.05) is 0 Å². The molecule has 0 fully saturated rings. The fourth-order valence-electron chi connectivity index (χ4n) is 1.22. The fraction of sp³-hybridized carbons (Fsp3) is 0.500. The Hall–Kier alpha value is -0.420. The third-order valence-electron chi connectivity index (χ3n) is 2.45. The van der Waals surface area contributed by atoms with Crippen LogP contribution < -0.4 is 4.72 Å². The Morgan fingerprint density at radius 1 is 1.65 bits per heavy atom. The lowest BCUT2D eigenvalue weighted by Crippen LogP contribution is -2.44. The van der Waals surface area contributed by atoms with Crippen molar-refractivity contribution in [2.45, 2.75) is 37.6 Å². The standard InChI is InChI=1S/C10H13BrN2O2S2/c1-4-10(3,6-12)13-17(14,15)8-5-9(11)16-7(8)2/h5,13H,4H2,1-3H3. The van der Waals surface area contributed by atoms with Crippen molar-refractivity contribution in [1.82, 2.24) is 4.72 Å². The summed E-state index contributed by atoms with van der Waals surface area (Å²) >= 11 is 4.60. The van der Waals surface area contributed by atoms with Crippen LogP contribution in [0.1, 0.15) is 25.1 Å². The third-order valence-corrected chi connectivity index (χ3v) is 5.85. The highest BCUT2D eigenvalue weighted by molar-refractivity contribution is 9.11. The van der Waals surface area contributed by atoms with Crippen LogP contribution in [0.25, 0.3) is 0 Å². The number of hydrogen-bond acceptors (Lipinski definition) is 4. The molecule has 0 aliphatic carbocycles. The van der Waals surface area contributed by atoms with Gasteiger partial charge >= 0.3 is 0 Å². The lowest BCUT2D eigenvalue weighted by molar-refractivity contribution is 0.495. The van der Waals surface area contributed by atoms with Gasteiger partial charge in [0.25, 0.3) is 0 Å². The second-order valence-corrected chi connectivity index (χ2v) is 8.16. The van der Waals surface area contributed by atoms with Crippen molar-refractivity contribution in [3.05, 3.63) is 14.7 Å². The molecule has 4 nitrogen and oxygen atoms in total. The van der Waals surface area contributed by atoms with E-state index >= 15 is 0 Å². The normalized spacial score (nSPS) is 15.2. The summed E-state index contributed by atoms with van der Waals surface area (Å²) in [6, 6.07) is 3.53. The third kappa shape index (κ3) is 3.28. The van der Waals surface area contributed by atoms with Gasteiger partial charge < -0.3 is 0 Å². The summed E-state index contributed by atoms with van der Waals surface area (Å²) in [5.41, 5.74) is -1.07. The maximum absolute atomic E-state index is 12.1. The maximum Gasteiger partial charge on any atom is 0.243 e. The Balaban J connectivity index is 3.15. The summed E-state index contributed by atoms with van der Waals surface area (Å²) in [4.78, 5) is 0.921. The number of rotatable bonds is 4. The molecule has 0 aromatic carbocycles. The van der Waals surface area contributed by atoms with E-state index in [2.05, 4.69) is 20.7 Å². The number of aryl methyl sites for hydroxylation is 1. The predicted octanol–water partition coefficient (Wildman–Crippen LogP) is 2.79. The van der Waals surface area contributed by atoms with Gasteiger partial charge in [0.05, 0.1) is 14.8 Å². The molecule has 0 aliphatic heterocycles. The van der Waals surface area contributed by atoms with Crippen LogP contribution in [0, 0.1) is 18.3 Å². The van der Waals surface area contributed by atoms with Crippen LogP contribution in [0.2, 0.25) is 0 Å². The first-order valence-electron chi connectivity index (χ1n) is 4.95. The molecule has 1 rings (SSSR count). The van der Waals surface area contributed by atoms with Crippen LogP contribution in [-0.4, -0.2) is 14.0 Å². The highest BCUT2D eigenvalue weighted by Gasteiger charge is 2.30. The van der Waals surface area contributed by atoms with Crippen LogP contribution in [0.3, 0.4) is 0 Å². The number of hydrogen-bond donors (Lipinski definition) is 1. The molecule has 0 aliphatic rings. The fourth-order valence-corrected chi connectivity index (χ4v) is 5.03. The molecule has 0 bridgehead atoms. The molecule has 0 radical (unpaired) electrons. The summed E-state index contributed by atoms with van der Waals surface area (Å²) in [6.45, 7) is 5.07. The Morgan fingerprint density at radius 3 is 2.59 bits per heavy atom. The second-order valence-electron chi connectivity index (χ2n) is 3.87. The maximum atomic E-state index is 12.1. The van der Waals surface area contributed by atoms with E-state index in [1.165, 1.54) is 11.3 Å². The summed E-state index contributed by atoms with van der Waals surface area (Å²) in [5, 5.41) is 8.99. The molecule has 0 spiro atoms. The molecule has 7 heteroatoms. The quantitative estimate of drug-likeness (QED) is 0.918. The molecular formula is C10H13BrN2O2S2. The topological polar surface area (TPSA) is 70.0 Å². The van der Waals surface area contributed by atoms with Crippen molar-refractivity contribution in [1.29, 1.82) is 5.26 Å². The summed E-state index contributed by atoms with van der Waals surface area (Å²) in [5.74, 6) is 0. The zero-order valence-corrected chi connectivity index (χ0v) is 13.0. The molecule has 1 aromatic heterocycles. The van der Waals surface area contributed by atoms with E-state index in [0.717, 1.165) is 3.79 Å². The van der Waals surface area contributed by atoms with Crippen molar-refractivity contribution < 1.29 is 8.42 Å². The van der Waals surface area contributed by atoms with Gasteiger partial charge in [0.15, 0.2) is 0 Å². The van der Waals surface area contributed by atoms with Crippen LogP contribution >= 0.6 is 27.3 Å². The second kappa shape index (κ2) is 5.06. The van der Waals surface area contributed by atoms with Crippen molar-refractivity contribution >= 4 is 37.3 Å². The van der Waals surface area contributed by atoms with Gasteiger partial charge in [-0.3, -0.25) is 0 Å². The van der Waals surface area contributed by atoms with E-state index in [1.54, 1.807) is 26.8 Å². The summed E-state index contributed by atoms with van der Waals surface area (Å²) in [7, 11) is -3.64. The number of halogens is 1. The van der Waals surface area contributed by atoms with Gasteiger partial charge in [0.1, 0.15) is 5.54 Å². The van der Waals surface area contributed by atoms with Gasteiger partial charge in [-0.1, -0.05) is 6.92 Å². The van der Waals surface area contributed by atoms with E-state index in [4.69, 9.17) is 5.26 Å². The van der Waals surface area contributed by atoms with Gasteiger partial charge in [-0.15, -0.1) is 11.3 Å². The molecule has 94 valence electrons. The van der Waals surface area contributed by atoms with E-state index in [-0.39, 0.29) is 4.90 Å². The first-order valence-corrected chi connectivity index (χ1v) is 8.04. The lowest BCUT2D eigenvalue weighted by atomic mass is 10.0. The zero-order valence-electron chi connectivity index (χ0n) is 9.74. The molecule has 0 saturated carbocycles. The highest BCUT2D eigenvalue weighted by atomic mass is 79.9. The summed E-state index contributed by atoms with van der Waals surface area (Å²) < 4.78 is 27.4. The number of sulfonamides is 1. The van der Waals surface area contributed by atoms with Crippen LogP contribution in [0.15, 0.2) is 14.7 Å². The predicted molar refractivity (Wildman–Crippen MR) is 71.4 cm³/mol. The SMILES string of the molecule is CCC(C)(C#N)NS(=O)(=O)c1cc(Br)sc1C. The molecule has 17 heavy (non-hydrogen) atoms. The Kier molecular flexibility index (Phi) is 4.36. The molecule has 1 heterocycles. The number of nitrogens with zero attached hydrogens (tertiary/aromatic N) is 1. The Labute approximate surface area is 114 Å². The minimum atomic E-state index is -3.64. The largest absolute Gasteiger partial charge is 0.243 e. The summed E-state index contributed by atoms with van der Waals surface area (Å²) in [6.07, 6.45) is 0.410. The molecule has 1 aromatic rings. The van der Waals surface area contributed by atoms with E-state index in [0.29, 0.717) is 11.3 Å². The Bertz CT molecular complexity index is 559. The minimum absolute atomic E-state index is 0.226. The number of thiophene rings is 1. The van der Waals surface area contributed by atoms with Gasteiger partial charge in [0.2, 0.25) is 10.0 Å². The number of nitrogens with one attached hydrogen (secondary N) is 1. The lowest BCUT2D eigenvalue weighted by Gasteiger charge is -2.20. The van der Waals surface area contributed by atoms with E-state index < -0.39 is 15.6 Å². The first-order chi connectivity index (χ1) is 7.74. The Morgan fingerprint density at radius 2 is 2.24 bits per heavy atom. The zero-order chi connectivity index (χ0) is 13.3. The molecular weight excluding hydrogens is 324 g/mol. The van der Waals surface area contributed by atoms with Crippen molar-refractivity contribution in [3.8, 4) is 6.07 Å². The molecule has 1 unspecified atom stereocenters. The molecule has 1 N–H and O–H groups in total. The minimum Gasteiger partial charge on any atom is -0.207 e. The first kappa shape index (κ1) is 14.6. The highest BCUT2D eigenvalue weighted by Crippen LogP contribution is 2.30. The van der Waals surface area contributed by atoms with Crippen LogP contribution in [0.4, 0.5) is 0 Å². The van der Waals surface area contributed by atoms with E-state index in [9.17, 15) is 8.42 Å². The van der Waals surface area contributed by atoms with Crippen LogP contribution in [-0.2, 0) is 10.0 Å². The van der Waals surface area contributed by atoms with Crippen LogP contribution in [0.5, 0.6) is 0 Å². The molecule has 1 atom stereocenters. The van der Waals surface area contributed by atoms with Crippen molar-refractivity contribution in [2.24, 2.45) is 0 Å². The average Bonchev–Trinajstić information content (AvgIpc) is 2.58. The number of nitriles is 1. The van der Waals surface area contributed by atoms with Crippen molar-refractivity contribution in [3.63, 3.8) is 0 Å². The molecule has 0 saturated heterocycles.